The minimum Gasteiger partial charge on any atom is -0.508 e. The topological polar surface area (TPSA) is 23.5 Å². The Hall–Kier alpha value is -1.16. The van der Waals surface area contributed by atoms with Gasteiger partial charge in [-0.05, 0) is 30.5 Å². The van der Waals surface area contributed by atoms with Crippen LogP contribution in [0, 0.1) is 5.82 Å². The van der Waals surface area contributed by atoms with Gasteiger partial charge in [0.05, 0.1) is 0 Å². The maximum atomic E-state index is 13.0. The lowest BCUT2D eigenvalue weighted by atomic mass is 10.1. The van der Waals surface area contributed by atoms with Gasteiger partial charge in [-0.1, -0.05) is 0 Å². The molecule has 2 rings (SSSR count). The highest BCUT2D eigenvalue weighted by molar-refractivity contribution is 5.28. The van der Waals surface area contributed by atoms with Crippen molar-refractivity contribution in [2.24, 2.45) is 0 Å². The highest BCUT2D eigenvalue weighted by Crippen LogP contribution is 2.17. The minimum absolute atomic E-state index is 0.0558. The van der Waals surface area contributed by atoms with Crippen LogP contribution in [0.4, 0.5) is 8.78 Å². The summed E-state index contributed by atoms with van der Waals surface area (Å²) in [6.45, 7) is 1.95. The van der Waals surface area contributed by atoms with Crippen LogP contribution < -0.4 is 0 Å². The van der Waals surface area contributed by atoms with E-state index in [0.29, 0.717) is 25.9 Å². The molecule has 1 heterocycles. The molecule has 0 aromatic heterocycles. The number of phenols is 1. The number of nitrogens with zero attached hydrogens (tertiary/aromatic N) is 1. The average Bonchev–Trinajstić information content (AvgIpc) is 2.60. The predicted molar refractivity (Wildman–Crippen MR) is 57.7 cm³/mol. The largest absolute Gasteiger partial charge is 0.508 e. The van der Waals surface area contributed by atoms with Gasteiger partial charge in [-0.3, -0.25) is 0 Å². The van der Waals surface area contributed by atoms with E-state index >= 15 is 0 Å². The van der Waals surface area contributed by atoms with Crippen molar-refractivity contribution in [3.05, 3.63) is 29.6 Å². The van der Waals surface area contributed by atoms with E-state index < -0.39 is 12.0 Å². The molecule has 1 fully saturated rings. The molecule has 2 nitrogen and oxygen atoms in total. The van der Waals surface area contributed by atoms with Crippen LogP contribution in [0.3, 0.4) is 0 Å². The third-order valence-electron chi connectivity index (χ3n) is 2.87. The second kappa shape index (κ2) is 4.78. The van der Waals surface area contributed by atoms with E-state index in [-0.39, 0.29) is 5.75 Å². The minimum atomic E-state index is -0.721. The second-order valence-electron chi connectivity index (χ2n) is 4.25. The molecule has 0 unspecified atom stereocenters. The molecular weight excluding hydrogens is 212 g/mol. The lowest BCUT2D eigenvalue weighted by molar-refractivity contribution is 0.290. The van der Waals surface area contributed by atoms with Gasteiger partial charge in [-0.15, -0.1) is 0 Å². The van der Waals surface area contributed by atoms with Crippen molar-refractivity contribution in [3.8, 4) is 5.75 Å². The second-order valence-corrected chi connectivity index (χ2v) is 4.25. The van der Waals surface area contributed by atoms with E-state index in [2.05, 4.69) is 0 Å². The zero-order valence-electron chi connectivity index (χ0n) is 9.00. The van der Waals surface area contributed by atoms with E-state index in [1.165, 1.54) is 6.07 Å². The first-order valence-corrected chi connectivity index (χ1v) is 5.48. The molecule has 0 spiro atoms. The van der Waals surface area contributed by atoms with Crippen molar-refractivity contribution in [1.29, 1.82) is 0 Å². The van der Waals surface area contributed by atoms with Crippen molar-refractivity contribution in [3.63, 3.8) is 0 Å². The highest BCUT2D eigenvalue weighted by atomic mass is 19.1. The van der Waals surface area contributed by atoms with Crippen molar-refractivity contribution < 1.29 is 13.9 Å². The van der Waals surface area contributed by atoms with Crippen LogP contribution in [0.2, 0.25) is 0 Å². The van der Waals surface area contributed by atoms with E-state index in [0.717, 1.165) is 18.2 Å². The molecule has 0 amide bonds. The molecule has 0 radical (unpaired) electrons. The van der Waals surface area contributed by atoms with Gasteiger partial charge in [-0.25, -0.2) is 8.78 Å². The third kappa shape index (κ3) is 2.92. The number of halogens is 2. The van der Waals surface area contributed by atoms with Crippen LogP contribution in [-0.4, -0.2) is 35.8 Å². The van der Waals surface area contributed by atoms with Crippen LogP contribution >= 0.6 is 0 Å². The quantitative estimate of drug-likeness (QED) is 0.855. The Bertz CT molecular complexity index is 350. The molecule has 1 atom stereocenters. The first kappa shape index (κ1) is 11.3. The molecule has 16 heavy (non-hydrogen) atoms. The van der Waals surface area contributed by atoms with E-state index in [4.69, 9.17) is 0 Å². The Balaban J connectivity index is 1.89. The zero-order valence-corrected chi connectivity index (χ0v) is 9.00. The fourth-order valence-electron chi connectivity index (χ4n) is 2.05. The highest BCUT2D eigenvalue weighted by Gasteiger charge is 2.20. The van der Waals surface area contributed by atoms with Crippen molar-refractivity contribution in [2.75, 3.05) is 19.6 Å². The van der Waals surface area contributed by atoms with E-state index in [1.54, 1.807) is 6.07 Å². The first-order chi connectivity index (χ1) is 7.63. The number of likely N-dealkylation sites (tertiary alicyclic amines) is 1. The summed E-state index contributed by atoms with van der Waals surface area (Å²) in [6.07, 6.45) is 0.507. The Morgan fingerprint density at radius 1 is 1.38 bits per heavy atom. The summed E-state index contributed by atoms with van der Waals surface area (Å²) >= 11 is 0. The summed E-state index contributed by atoms with van der Waals surface area (Å²) in [5, 5.41) is 9.21. The zero-order chi connectivity index (χ0) is 11.5. The van der Waals surface area contributed by atoms with Crippen LogP contribution in [0.25, 0.3) is 0 Å². The van der Waals surface area contributed by atoms with Crippen LogP contribution in [-0.2, 0) is 6.42 Å². The molecule has 0 saturated carbocycles. The molecule has 0 aliphatic carbocycles. The van der Waals surface area contributed by atoms with Crippen LogP contribution in [0.15, 0.2) is 18.2 Å². The maximum absolute atomic E-state index is 13.0. The van der Waals surface area contributed by atoms with Crippen LogP contribution in [0.5, 0.6) is 5.75 Å². The first-order valence-electron chi connectivity index (χ1n) is 5.48. The summed E-state index contributed by atoms with van der Waals surface area (Å²) in [7, 11) is 0. The number of alkyl halides is 1. The van der Waals surface area contributed by atoms with Crippen LogP contribution in [0.1, 0.15) is 12.0 Å². The smallest absolute Gasteiger partial charge is 0.127 e. The molecule has 1 aromatic carbocycles. The summed E-state index contributed by atoms with van der Waals surface area (Å²) in [5.41, 5.74) is 0.750. The van der Waals surface area contributed by atoms with Crippen molar-refractivity contribution in [1.82, 2.24) is 4.90 Å². The maximum Gasteiger partial charge on any atom is 0.127 e. The summed E-state index contributed by atoms with van der Waals surface area (Å²) < 4.78 is 25.8. The van der Waals surface area contributed by atoms with Crippen molar-refractivity contribution in [2.45, 2.75) is 19.0 Å². The van der Waals surface area contributed by atoms with E-state index in [9.17, 15) is 13.9 Å². The number of hydrogen-bond acceptors (Lipinski definition) is 2. The number of rotatable bonds is 3. The lowest BCUT2D eigenvalue weighted by Gasteiger charge is -2.14. The Morgan fingerprint density at radius 3 is 2.81 bits per heavy atom. The number of aromatic hydroxyl groups is 1. The van der Waals surface area contributed by atoms with E-state index in [1.807, 2.05) is 4.90 Å². The van der Waals surface area contributed by atoms with Gasteiger partial charge in [0.1, 0.15) is 17.7 Å². The number of benzene rings is 1. The van der Waals surface area contributed by atoms with Crippen molar-refractivity contribution >= 4 is 0 Å². The normalized spacial score (nSPS) is 21.5. The SMILES string of the molecule is Oc1cc(F)cc(CCN2CC[C@@H](F)C2)c1. The third-order valence-corrected chi connectivity index (χ3v) is 2.87. The van der Waals surface area contributed by atoms with Gasteiger partial charge in [0.2, 0.25) is 0 Å². The molecule has 4 heteroatoms. The number of phenolic OH excluding ortho intramolecular Hbond substituents is 1. The standard InChI is InChI=1S/C12H15F2NO/c13-10-2-4-15(8-10)3-1-9-5-11(14)7-12(16)6-9/h5-7,10,16H,1-4,8H2/t10-/m1/s1. The van der Waals surface area contributed by atoms with Gasteiger partial charge in [0.15, 0.2) is 0 Å². The molecule has 1 aromatic rings. The van der Waals surface area contributed by atoms with Gasteiger partial charge >= 0.3 is 0 Å². The fraction of sp³-hybridized carbons (Fsp3) is 0.500. The van der Waals surface area contributed by atoms with Gasteiger partial charge in [0.25, 0.3) is 0 Å². The molecular formula is C12H15F2NO. The van der Waals surface area contributed by atoms with Gasteiger partial charge < -0.3 is 10.0 Å². The molecule has 1 N–H and O–H groups in total. The molecule has 88 valence electrons. The lowest BCUT2D eigenvalue weighted by Crippen LogP contribution is -2.23. The molecule has 1 aliphatic rings. The van der Waals surface area contributed by atoms with Gasteiger partial charge in [-0.2, -0.15) is 0 Å². The molecule has 1 saturated heterocycles. The summed E-state index contributed by atoms with van der Waals surface area (Å²) in [4.78, 5) is 2.02. The van der Waals surface area contributed by atoms with Gasteiger partial charge in [0, 0.05) is 25.7 Å². The summed E-state index contributed by atoms with van der Waals surface area (Å²) in [5.74, 6) is -0.487. The monoisotopic (exact) mass is 227 g/mol. The average molecular weight is 227 g/mol. The molecule has 0 bridgehead atoms. The molecule has 1 aliphatic heterocycles. The Morgan fingerprint density at radius 2 is 2.19 bits per heavy atom. The Labute approximate surface area is 93.5 Å². The summed E-state index contributed by atoms with van der Waals surface area (Å²) in [6, 6.07) is 4.03. The number of hydrogen-bond donors (Lipinski definition) is 1. The Kier molecular flexibility index (Phi) is 3.39. The predicted octanol–water partition coefficient (Wildman–Crippen LogP) is 2.12. The fourth-order valence-corrected chi connectivity index (χ4v) is 2.05.